The fourth-order valence-electron chi connectivity index (χ4n) is 2.67. The number of unbranched alkanes of at least 4 members (excludes halogenated alkanes) is 1. The maximum Gasteiger partial charge on any atom is 0.328 e. The van der Waals surface area contributed by atoms with Crippen molar-refractivity contribution in [3.8, 4) is 0 Å². The number of hydrogen-bond acceptors (Lipinski definition) is 9. The van der Waals surface area contributed by atoms with Crippen molar-refractivity contribution in [1.82, 2.24) is 21.3 Å². The van der Waals surface area contributed by atoms with Crippen molar-refractivity contribution in [2.45, 2.75) is 69.8 Å². The van der Waals surface area contributed by atoms with Gasteiger partial charge in [-0.05, 0) is 33.1 Å². The molecule has 0 saturated carbocycles. The predicted molar refractivity (Wildman–Crippen MR) is 123 cm³/mol. The number of carbonyl (C=O) groups excluding carboxylic acids is 3. The summed E-state index contributed by atoms with van der Waals surface area (Å²) in [4.78, 5) is 60.3. The lowest BCUT2D eigenvalue weighted by Gasteiger charge is -2.25. The number of carboxylic acid groups (broad SMARTS) is 2. The van der Waals surface area contributed by atoms with Crippen molar-refractivity contribution in [3.05, 3.63) is 0 Å². The molecule has 0 aliphatic heterocycles. The van der Waals surface area contributed by atoms with E-state index < -0.39 is 73.0 Å². The summed E-state index contributed by atoms with van der Waals surface area (Å²) in [6.07, 6.45) is -1.33. The van der Waals surface area contributed by atoms with Crippen LogP contribution in [0.2, 0.25) is 0 Å². The Morgan fingerprint density at radius 1 is 0.941 bits per heavy atom. The topological polar surface area (TPSA) is 240 Å². The van der Waals surface area contributed by atoms with Gasteiger partial charge in [0.25, 0.3) is 0 Å². The number of carboxylic acids is 2. The molecular formula is C19H33N5O9S. The van der Waals surface area contributed by atoms with Crippen molar-refractivity contribution in [1.29, 1.82) is 0 Å². The van der Waals surface area contributed by atoms with Gasteiger partial charge in [-0.3, -0.25) is 19.2 Å². The van der Waals surface area contributed by atoms with Crippen molar-refractivity contribution >= 4 is 46.9 Å². The number of nitrogens with two attached hydrogens (primary N) is 1. The molecule has 0 unspecified atom stereocenters. The summed E-state index contributed by atoms with van der Waals surface area (Å²) >= 11 is 4.90. The first kappa shape index (κ1) is 31.1. The van der Waals surface area contributed by atoms with Crippen LogP contribution in [0, 0.1) is 0 Å². The molecule has 0 aromatic rings. The van der Waals surface area contributed by atoms with Crippen molar-refractivity contribution in [2.75, 3.05) is 13.2 Å². The molecule has 15 heteroatoms. The molecular weight excluding hydrogens is 474 g/mol. The van der Waals surface area contributed by atoms with Crippen LogP contribution in [0.1, 0.15) is 39.5 Å². The number of thiocarbonyl (C=S) groups is 1. The first-order valence-corrected chi connectivity index (χ1v) is 10.9. The Morgan fingerprint density at radius 2 is 1.50 bits per heavy atom. The third kappa shape index (κ3) is 12.4. The van der Waals surface area contributed by atoms with Gasteiger partial charge in [0.05, 0.1) is 24.1 Å². The van der Waals surface area contributed by atoms with Crippen LogP contribution in [0.25, 0.3) is 0 Å². The van der Waals surface area contributed by atoms with Gasteiger partial charge in [0, 0.05) is 6.54 Å². The van der Waals surface area contributed by atoms with Gasteiger partial charge in [-0.25, -0.2) is 4.79 Å². The lowest BCUT2D eigenvalue weighted by molar-refractivity contribution is -0.145. The number of aliphatic hydroxyl groups excluding tert-OH is 2. The zero-order chi connectivity index (χ0) is 26.4. The quantitative estimate of drug-likeness (QED) is 0.0741. The predicted octanol–water partition coefficient (Wildman–Crippen LogP) is -3.19. The summed E-state index contributed by atoms with van der Waals surface area (Å²) in [5.41, 5.74) is 5.37. The number of aliphatic carboxylic acids is 2. The third-order valence-electron chi connectivity index (χ3n) is 4.52. The second kappa shape index (κ2) is 15.9. The molecule has 0 aliphatic carbocycles. The van der Waals surface area contributed by atoms with Crippen molar-refractivity contribution in [2.24, 2.45) is 5.73 Å². The first-order valence-electron chi connectivity index (χ1n) is 10.4. The number of hydrogen-bond donors (Lipinski definition) is 9. The largest absolute Gasteiger partial charge is 0.481 e. The molecule has 0 bridgehead atoms. The second-order valence-electron chi connectivity index (χ2n) is 7.55. The Bertz CT molecular complexity index is 750. The molecule has 0 aromatic heterocycles. The van der Waals surface area contributed by atoms with E-state index in [9.17, 15) is 34.2 Å². The van der Waals surface area contributed by atoms with Gasteiger partial charge in [0.2, 0.25) is 17.7 Å². The molecule has 0 fully saturated rings. The summed E-state index contributed by atoms with van der Waals surface area (Å²) in [5, 5.41) is 46.3. The first-order chi connectivity index (χ1) is 15.8. The van der Waals surface area contributed by atoms with Crippen LogP contribution in [-0.2, 0) is 24.0 Å². The fourth-order valence-corrected chi connectivity index (χ4v) is 2.77. The lowest BCUT2D eigenvalue weighted by Crippen LogP contribution is -2.58. The van der Waals surface area contributed by atoms with E-state index in [-0.39, 0.29) is 6.42 Å². The molecule has 0 rings (SSSR count). The summed E-state index contributed by atoms with van der Waals surface area (Å²) in [7, 11) is 0. The molecule has 10 N–H and O–H groups in total. The van der Waals surface area contributed by atoms with Gasteiger partial charge in [-0.15, -0.1) is 0 Å². The van der Waals surface area contributed by atoms with Gasteiger partial charge in [-0.1, -0.05) is 12.2 Å². The molecule has 0 spiro atoms. The van der Waals surface area contributed by atoms with Crippen LogP contribution in [0.4, 0.5) is 0 Å². The van der Waals surface area contributed by atoms with Gasteiger partial charge >= 0.3 is 11.9 Å². The van der Waals surface area contributed by atoms with Gasteiger partial charge in [-0.2, -0.15) is 0 Å². The van der Waals surface area contributed by atoms with Crippen LogP contribution in [0.3, 0.4) is 0 Å². The Labute approximate surface area is 201 Å². The standard InChI is InChI=1S/C19H33N5O9S/c1-9(26)15(19(32)33)24-17(30)12(5-3-4-6-21-10(2)34)22-18(31)13(7-14(27)28)23-16(29)11(20)8-25/h9,11-13,15,25-26H,3-8,20H2,1-2H3,(H,21,34)(H,22,31)(H,23,29)(H,24,30)(H,27,28)(H,32,33)/t9-,11+,12+,13+,15+/m1/s1. The van der Waals surface area contributed by atoms with Crippen LogP contribution in [0.5, 0.6) is 0 Å². The smallest absolute Gasteiger partial charge is 0.328 e. The summed E-state index contributed by atoms with van der Waals surface area (Å²) in [6.45, 7) is 2.59. The second-order valence-corrected chi connectivity index (χ2v) is 8.17. The van der Waals surface area contributed by atoms with E-state index in [1.165, 1.54) is 0 Å². The highest BCUT2D eigenvalue weighted by Gasteiger charge is 2.32. The van der Waals surface area contributed by atoms with E-state index in [2.05, 4.69) is 21.3 Å². The van der Waals surface area contributed by atoms with E-state index in [0.717, 1.165) is 6.92 Å². The van der Waals surface area contributed by atoms with E-state index in [0.29, 0.717) is 24.4 Å². The molecule has 0 saturated heterocycles. The summed E-state index contributed by atoms with van der Waals surface area (Å²) in [6, 6.07) is -5.98. The number of carbonyl (C=O) groups is 5. The number of amides is 3. The monoisotopic (exact) mass is 507 g/mol. The third-order valence-corrected chi connectivity index (χ3v) is 4.66. The SMILES string of the molecule is CC(=S)NCCCC[C@H](NC(=O)[C@H](CC(=O)O)NC(=O)[C@@H](N)CO)C(=O)N[C@H](C(=O)O)[C@@H](C)O. The number of aliphatic hydroxyl groups is 2. The number of nitrogens with one attached hydrogen (secondary N) is 4. The molecule has 3 amide bonds. The average Bonchev–Trinajstić information content (AvgIpc) is 2.73. The fraction of sp³-hybridized carbons (Fsp3) is 0.684. The molecule has 194 valence electrons. The average molecular weight is 508 g/mol. The minimum Gasteiger partial charge on any atom is -0.481 e. The van der Waals surface area contributed by atoms with E-state index in [4.69, 9.17) is 28.2 Å². The van der Waals surface area contributed by atoms with Gasteiger partial charge in [0.1, 0.15) is 18.1 Å². The van der Waals surface area contributed by atoms with Gasteiger partial charge < -0.3 is 47.4 Å². The highest BCUT2D eigenvalue weighted by Crippen LogP contribution is 2.05. The number of rotatable bonds is 16. The molecule has 0 heterocycles. The Balaban J connectivity index is 5.51. The van der Waals surface area contributed by atoms with Crippen molar-refractivity contribution < 1.29 is 44.4 Å². The van der Waals surface area contributed by atoms with Gasteiger partial charge in [0.15, 0.2) is 6.04 Å². The van der Waals surface area contributed by atoms with E-state index >= 15 is 0 Å². The van der Waals surface area contributed by atoms with Crippen LogP contribution in [-0.4, -0.2) is 98.5 Å². The maximum atomic E-state index is 12.7. The Kier molecular flexibility index (Phi) is 14.5. The zero-order valence-corrected chi connectivity index (χ0v) is 19.8. The maximum absolute atomic E-state index is 12.7. The highest BCUT2D eigenvalue weighted by molar-refractivity contribution is 7.80. The minimum absolute atomic E-state index is 0.0335. The lowest BCUT2D eigenvalue weighted by atomic mass is 10.1. The van der Waals surface area contributed by atoms with Crippen LogP contribution < -0.4 is 27.0 Å². The van der Waals surface area contributed by atoms with Crippen LogP contribution >= 0.6 is 12.2 Å². The normalized spacial score (nSPS) is 15.1. The molecule has 34 heavy (non-hydrogen) atoms. The van der Waals surface area contributed by atoms with E-state index in [1.807, 2.05) is 0 Å². The summed E-state index contributed by atoms with van der Waals surface area (Å²) < 4.78 is 0. The van der Waals surface area contributed by atoms with E-state index in [1.54, 1.807) is 6.92 Å². The molecule has 0 aromatic carbocycles. The Hall–Kier alpha value is -2.88. The van der Waals surface area contributed by atoms with Crippen LogP contribution in [0.15, 0.2) is 0 Å². The Morgan fingerprint density at radius 3 is 1.97 bits per heavy atom. The molecule has 14 nitrogen and oxygen atoms in total. The molecule has 5 atom stereocenters. The highest BCUT2D eigenvalue weighted by atomic mass is 32.1. The molecule has 0 radical (unpaired) electrons. The zero-order valence-electron chi connectivity index (χ0n) is 18.9. The molecule has 0 aliphatic rings. The minimum atomic E-state index is -1.65. The van der Waals surface area contributed by atoms with Crippen molar-refractivity contribution in [3.63, 3.8) is 0 Å². The summed E-state index contributed by atoms with van der Waals surface area (Å²) in [5.74, 6) is -5.86.